The van der Waals surface area contributed by atoms with E-state index in [-0.39, 0.29) is 17.2 Å². The lowest BCUT2D eigenvalue weighted by Crippen LogP contribution is -2.23. The highest BCUT2D eigenvalue weighted by atomic mass is 35.5. The van der Waals surface area contributed by atoms with Gasteiger partial charge in [-0.3, -0.25) is 14.2 Å². The van der Waals surface area contributed by atoms with E-state index >= 15 is 0 Å². The topological polar surface area (TPSA) is 64.0 Å². The molecule has 1 heterocycles. The standard InChI is InChI=1S/C24H20ClN3O2S2/c1-15-5-3-7-18(11-15)28-23(30)20-10-9-16(25)12-21(20)27-24(28)32-14-22(29)26-17-6-4-8-19(13-17)31-2/h3-13H,14H2,1-2H3,(H,26,29). The molecule has 0 fully saturated rings. The first kappa shape index (κ1) is 22.5. The number of nitrogens with zero attached hydrogens (tertiary/aromatic N) is 2. The van der Waals surface area contributed by atoms with Gasteiger partial charge in [0.25, 0.3) is 5.56 Å². The number of fused-ring (bicyclic) bond motifs is 1. The number of nitrogens with one attached hydrogen (secondary N) is 1. The van der Waals surface area contributed by atoms with Crippen LogP contribution in [-0.2, 0) is 4.79 Å². The molecule has 0 unspecified atom stereocenters. The number of aromatic nitrogens is 2. The molecule has 5 nitrogen and oxygen atoms in total. The van der Waals surface area contributed by atoms with E-state index in [0.717, 1.165) is 16.1 Å². The zero-order valence-corrected chi connectivity index (χ0v) is 19.9. The minimum Gasteiger partial charge on any atom is -0.325 e. The Morgan fingerprint density at radius 3 is 2.69 bits per heavy atom. The molecular formula is C24H20ClN3O2S2. The Hall–Kier alpha value is -2.74. The molecule has 1 amide bonds. The minimum atomic E-state index is -0.201. The van der Waals surface area contributed by atoms with Crippen molar-refractivity contribution in [1.82, 2.24) is 9.55 Å². The van der Waals surface area contributed by atoms with Crippen molar-refractivity contribution in [3.63, 3.8) is 0 Å². The fraction of sp³-hybridized carbons (Fsp3) is 0.125. The number of carbonyl (C=O) groups excluding carboxylic acids is 1. The van der Waals surface area contributed by atoms with Crippen LogP contribution >= 0.6 is 35.1 Å². The monoisotopic (exact) mass is 481 g/mol. The number of benzene rings is 3. The molecule has 32 heavy (non-hydrogen) atoms. The molecule has 0 spiro atoms. The SMILES string of the molecule is CSc1cccc(NC(=O)CSc2nc3cc(Cl)ccc3c(=O)n2-c2cccc(C)c2)c1. The molecule has 0 aliphatic heterocycles. The Morgan fingerprint density at radius 2 is 1.91 bits per heavy atom. The number of hydrogen-bond donors (Lipinski definition) is 1. The number of thioether (sulfide) groups is 2. The van der Waals surface area contributed by atoms with Gasteiger partial charge < -0.3 is 5.32 Å². The Balaban J connectivity index is 1.68. The maximum atomic E-state index is 13.3. The molecule has 162 valence electrons. The Bertz CT molecular complexity index is 1370. The summed E-state index contributed by atoms with van der Waals surface area (Å²) in [5.41, 5.74) is 2.76. The summed E-state index contributed by atoms with van der Waals surface area (Å²) in [7, 11) is 0. The molecule has 0 atom stereocenters. The van der Waals surface area contributed by atoms with Gasteiger partial charge in [-0.1, -0.05) is 41.6 Å². The Kier molecular flexibility index (Phi) is 6.89. The van der Waals surface area contributed by atoms with Crippen LogP contribution in [0.1, 0.15) is 5.56 Å². The maximum absolute atomic E-state index is 13.3. The summed E-state index contributed by atoms with van der Waals surface area (Å²) in [6.45, 7) is 1.96. The number of hydrogen-bond acceptors (Lipinski definition) is 5. The molecule has 0 aliphatic carbocycles. The molecule has 3 aromatic carbocycles. The van der Waals surface area contributed by atoms with E-state index in [1.54, 1.807) is 34.5 Å². The third kappa shape index (κ3) is 5.01. The van der Waals surface area contributed by atoms with Crippen LogP contribution in [0.15, 0.2) is 81.6 Å². The third-order valence-electron chi connectivity index (χ3n) is 4.75. The van der Waals surface area contributed by atoms with Crippen molar-refractivity contribution in [2.24, 2.45) is 0 Å². The summed E-state index contributed by atoms with van der Waals surface area (Å²) in [5.74, 6) is -0.0714. The molecule has 8 heteroatoms. The molecule has 0 bridgehead atoms. The van der Waals surface area contributed by atoms with Crippen LogP contribution in [0, 0.1) is 6.92 Å². The zero-order chi connectivity index (χ0) is 22.7. The van der Waals surface area contributed by atoms with Gasteiger partial charge >= 0.3 is 0 Å². The average Bonchev–Trinajstić information content (AvgIpc) is 2.77. The van der Waals surface area contributed by atoms with Crippen molar-refractivity contribution >= 4 is 57.6 Å². The molecule has 0 radical (unpaired) electrons. The molecule has 4 aromatic rings. The van der Waals surface area contributed by atoms with Crippen molar-refractivity contribution in [3.05, 3.63) is 87.7 Å². The number of amides is 1. The van der Waals surface area contributed by atoms with Crippen LogP contribution in [0.4, 0.5) is 5.69 Å². The highest BCUT2D eigenvalue weighted by Crippen LogP contribution is 2.24. The molecule has 0 saturated carbocycles. The highest BCUT2D eigenvalue weighted by molar-refractivity contribution is 7.99. The Labute approximate surface area is 199 Å². The number of anilines is 1. The molecule has 1 aromatic heterocycles. The molecule has 4 rings (SSSR count). The first-order chi connectivity index (χ1) is 15.4. The normalized spacial score (nSPS) is 11.0. The second-order valence-corrected chi connectivity index (χ2v) is 9.36. The van der Waals surface area contributed by atoms with Gasteiger partial charge in [0.15, 0.2) is 5.16 Å². The van der Waals surface area contributed by atoms with Gasteiger partial charge in [0, 0.05) is 15.6 Å². The van der Waals surface area contributed by atoms with Gasteiger partial charge in [0.1, 0.15) is 0 Å². The summed E-state index contributed by atoms with van der Waals surface area (Å²) < 4.78 is 1.55. The van der Waals surface area contributed by atoms with E-state index in [4.69, 9.17) is 11.6 Å². The van der Waals surface area contributed by atoms with Crippen molar-refractivity contribution in [2.75, 3.05) is 17.3 Å². The lowest BCUT2D eigenvalue weighted by atomic mass is 10.2. The second-order valence-electron chi connectivity index (χ2n) is 7.10. The van der Waals surface area contributed by atoms with Crippen molar-refractivity contribution in [1.29, 1.82) is 0 Å². The van der Waals surface area contributed by atoms with Gasteiger partial charge in [0.2, 0.25) is 5.91 Å². The zero-order valence-electron chi connectivity index (χ0n) is 17.5. The lowest BCUT2D eigenvalue weighted by Gasteiger charge is -2.14. The van der Waals surface area contributed by atoms with Crippen LogP contribution in [0.25, 0.3) is 16.6 Å². The van der Waals surface area contributed by atoms with Crippen molar-refractivity contribution in [3.8, 4) is 5.69 Å². The summed E-state index contributed by atoms with van der Waals surface area (Å²) in [6, 6.07) is 20.3. The van der Waals surface area contributed by atoms with Crippen LogP contribution in [0.3, 0.4) is 0 Å². The quantitative estimate of drug-likeness (QED) is 0.278. The van der Waals surface area contributed by atoms with Crippen LogP contribution < -0.4 is 10.9 Å². The number of rotatable bonds is 6. The molecule has 0 saturated heterocycles. The van der Waals surface area contributed by atoms with E-state index in [0.29, 0.717) is 26.8 Å². The summed E-state index contributed by atoms with van der Waals surface area (Å²) in [6.07, 6.45) is 1.99. The smallest absolute Gasteiger partial charge is 0.266 e. The van der Waals surface area contributed by atoms with Gasteiger partial charge in [-0.15, -0.1) is 11.8 Å². The number of carbonyl (C=O) groups is 1. The highest BCUT2D eigenvalue weighted by Gasteiger charge is 2.15. The first-order valence-electron chi connectivity index (χ1n) is 9.80. The van der Waals surface area contributed by atoms with Crippen LogP contribution in [0.5, 0.6) is 0 Å². The van der Waals surface area contributed by atoms with E-state index < -0.39 is 0 Å². The average molecular weight is 482 g/mol. The van der Waals surface area contributed by atoms with E-state index in [1.165, 1.54) is 11.8 Å². The van der Waals surface area contributed by atoms with E-state index in [9.17, 15) is 9.59 Å². The minimum absolute atomic E-state index is 0.105. The summed E-state index contributed by atoms with van der Waals surface area (Å²) >= 11 is 8.94. The van der Waals surface area contributed by atoms with E-state index in [2.05, 4.69) is 10.3 Å². The number of halogens is 1. The van der Waals surface area contributed by atoms with Gasteiger partial charge in [0.05, 0.1) is 22.3 Å². The summed E-state index contributed by atoms with van der Waals surface area (Å²) in [5, 5.41) is 4.31. The summed E-state index contributed by atoms with van der Waals surface area (Å²) in [4.78, 5) is 31.7. The van der Waals surface area contributed by atoms with Gasteiger partial charge in [-0.25, -0.2) is 4.98 Å². The first-order valence-corrected chi connectivity index (χ1v) is 12.4. The maximum Gasteiger partial charge on any atom is 0.266 e. The third-order valence-corrected chi connectivity index (χ3v) is 6.65. The molecule has 1 N–H and O–H groups in total. The second kappa shape index (κ2) is 9.81. The predicted molar refractivity (Wildman–Crippen MR) is 135 cm³/mol. The Morgan fingerprint density at radius 1 is 1.09 bits per heavy atom. The number of aryl methyl sites for hydroxylation is 1. The van der Waals surface area contributed by atoms with Crippen molar-refractivity contribution < 1.29 is 4.79 Å². The fourth-order valence-corrected chi connectivity index (χ4v) is 4.70. The molecular weight excluding hydrogens is 462 g/mol. The van der Waals surface area contributed by atoms with Crippen molar-refractivity contribution in [2.45, 2.75) is 17.0 Å². The van der Waals surface area contributed by atoms with Crippen LogP contribution in [-0.4, -0.2) is 27.5 Å². The lowest BCUT2D eigenvalue weighted by molar-refractivity contribution is -0.113. The van der Waals surface area contributed by atoms with Gasteiger partial charge in [-0.05, 0) is 67.3 Å². The predicted octanol–water partition coefficient (Wildman–Crippen LogP) is 5.80. The fourth-order valence-electron chi connectivity index (χ4n) is 3.26. The molecule has 0 aliphatic rings. The largest absolute Gasteiger partial charge is 0.325 e. The van der Waals surface area contributed by atoms with Crippen LogP contribution in [0.2, 0.25) is 5.02 Å². The van der Waals surface area contributed by atoms with E-state index in [1.807, 2.05) is 61.7 Å². The van der Waals surface area contributed by atoms with Gasteiger partial charge in [-0.2, -0.15) is 0 Å².